The van der Waals surface area contributed by atoms with Gasteiger partial charge in [0.2, 0.25) is 0 Å². The van der Waals surface area contributed by atoms with Gasteiger partial charge in [0.05, 0.1) is 0 Å². The molecule has 0 radical (unpaired) electrons. The molecule has 0 amide bonds. The topological polar surface area (TPSA) is 3.24 Å². The zero-order valence-corrected chi connectivity index (χ0v) is 8.92. The van der Waals surface area contributed by atoms with E-state index in [1.165, 1.54) is 38.5 Å². The Morgan fingerprint density at radius 1 is 1.38 bits per heavy atom. The van der Waals surface area contributed by atoms with Gasteiger partial charge in [-0.2, -0.15) is 0 Å². The van der Waals surface area contributed by atoms with Crippen molar-refractivity contribution in [3.8, 4) is 0 Å². The van der Waals surface area contributed by atoms with E-state index in [4.69, 9.17) is 0 Å². The largest absolute Gasteiger partial charge is 0.300 e. The summed E-state index contributed by atoms with van der Waals surface area (Å²) in [6.07, 6.45) is 10.7. The lowest BCUT2D eigenvalue weighted by Gasteiger charge is -2.22. The van der Waals surface area contributed by atoms with Crippen molar-refractivity contribution in [3.05, 3.63) is 11.6 Å². The van der Waals surface area contributed by atoms with E-state index >= 15 is 0 Å². The molecule has 13 heavy (non-hydrogen) atoms. The Bertz CT molecular complexity index is 207. The lowest BCUT2D eigenvalue weighted by Crippen LogP contribution is -2.30. The molecule has 2 aliphatic heterocycles. The van der Waals surface area contributed by atoms with Crippen LogP contribution in [0.1, 0.15) is 45.4 Å². The molecule has 0 aromatic rings. The van der Waals surface area contributed by atoms with Crippen LogP contribution in [0.3, 0.4) is 0 Å². The van der Waals surface area contributed by atoms with E-state index in [0.29, 0.717) is 0 Å². The van der Waals surface area contributed by atoms with Gasteiger partial charge in [-0.25, -0.2) is 0 Å². The van der Waals surface area contributed by atoms with Crippen LogP contribution in [0.15, 0.2) is 11.6 Å². The van der Waals surface area contributed by atoms with Gasteiger partial charge < -0.3 is 0 Å². The Labute approximate surface area is 81.8 Å². The fraction of sp³-hybridized carbons (Fsp3) is 0.833. The quantitative estimate of drug-likeness (QED) is 0.589. The van der Waals surface area contributed by atoms with Crippen LogP contribution in [-0.4, -0.2) is 24.0 Å². The van der Waals surface area contributed by atoms with Crippen LogP contribution in [0.4, 0.5) is 0 Å². The molecule has 1 saturated heterocycles. The van der Waals surface area contributed by atoms with Gasteiger partial charge in [0.25, 0.3) is 0 Å². The van der Waals surface area contributed by atoms with E-state index in [1.54, 1.807) is 5.57 Å². The molecule has 2 atom stereocenters. The second kappa shape index (κ2) is 3.83. The average Bonchev–Trinajstić information content (AvgIpc) is 2.33. The Morgan fingerprint density at radius 2 is 2.15 bits per heavy atom. The van der Waals surface area contributed by atoms with Crippen LogP contribution in [0.25, 0.3) is 0 Å². The van der Waals surface area contributed by atoms with E-state index in [1.807, 2.05) is 0 Å². The zero-order chi connectivity index (χ0) is 9.26. The van der Waals surface area contributed by atoms with Gasteiger partial charge in [-0.3, -0.25) is 4.90 Å². The molecule has 0 aliphatic carbocycles. The van der Waals surface area contributed by atoms with Crippen LogP contribution in [-0.2, 0) is 0 Å². The molecule has 0 spiro atoms. The van der Waals surface area contributed by atoms with E-state index in [9.17, 15) is 0 Å². The summed E-state index contributed by atoms with van der Waals surface area (Å²) in [7, 11) is 2.31. The minimum absolute atomic E-state index is 0.861. The SMILES string of the molecule is CCCC1=CCC2CCC(C1)N2C. The molecule has 2 unspecified atom stereocenters. The Morgan fingerprint density at radius 3 is 2.92 bits per heavy atom. The lowest BCUT2D eigenvalue weighted by molar-refractivity contribution is 0.247. The number of rotatable bonds is 2. The monoisotopic (exact) mass is 179 g/mol. The van der Waals surface area contributed by atoms with E-state index in [0.717, 1.165) is 12.1 Å². The molecule has 2 bridgehead atoms. The standard InChI is InChI=1S/C12H21N/c1-3-4-10-5-6-11-7-8-12(9-10)13(11)2/h5,11-12H,3-4,6-9H2,1-2H3. The van der Waals surface area contributed by atoms with E-state index < -0.39 is 0 Å². The van der Waals surface area contributed by atoms with Crippen molar-refractivity contribution in [3.63, 3.8) is 0 Å². The molecule has 1 heteroatoms. The molecule has 2 rings (SSSR count). The maximum Gasteiger partial charge on any atom is 0.0133 e. The first-order chi connectivity index (χ1) is 6.31. The van der Waals surface area contributed by atoms with Crippen molar-refractivity contribution in [2.24, 2.45) is 0 Å². The molecule has 2 aliphatic rings. The van der Waals surface area contributed by atoms with E-state index in [2.05, 4.69) is 24.9 Å². The highest BCUT2D eigenvalue weighted by Crippen LogP contribution is 2.33. The summed E-state index contributed by atoms with van der Waals surface area (Å²) in [4.78, 5) is 2.61. The van der Waals surface area contributed by atoms with Crippen molar-refractivity contribution in [2.45, 2.75) is 57.5 Å². The van der Waals surface area contributed by atoms with Crippen LogP contribution < -0.4 is 0 Å². The van der Waals surface area contributed by atoms with Crippen molar-refractivity contribution in [2.75, 3.05) is 7.05 Å². The molecule has 1 fully saturated rings. The molecule has 0 saturated carbocycles. The van der Waals surface area contributed by atoms with Crippen molar-refractivity contribution in [1.29, 1.82) is 0 Å². The summed E-state index contributed by atoms with van der Waals surface area (Å²) >= 11 is 0. The van der Waals surface area contributed by atoms with Crippen LogP contribution in [0.2, 0.25) is 0 Å². The second-order valence-electron chi connectivity index (χ2n) is 4.60. The van der Waals surface area contributed by atoms with Crippen molar-refractivity contribution < 1.29 is 0 Å². The lowest BCUT2D eigenvalue weighted by atomic mass is 9.97. The van der Waals surface area contributed by atoms with Gasteiger partial charge in [-0.1, -0.05) is 25.0 Å². The Balaban J connectivity index is 2.04. The minimum Gasteiger partial charge on any atom is -0.300 e. The predicted molar refractivity (Wildman–Crippen MR) is 56.8 cm³/mol. The highest BCUT2D eigenvalue weighted by Gasteiger charge is 2.31. The third-order valence-electron chi connectivity index (χ3n) is 3.73. The molecular formula is C12H21N. The second-order valence-corrected chi connectivity index (χ2v) is 4.60. The molecular weight excluding hydrogens is 158 g/mol. The number of hydrogen-bond donors (Lipinski definition) is 0. The Kier molecular flexibility index (Phi) is 2.73. The van der Waals surface area contributed by atoms with Gasteiger partial charge >= 0.3 is 0 Å². The average molecular weight is 179 g/mol. The number of fused-ring (bicyclic) bond motifs is 2. The van der Waals surface area contributed by atoms with Gasteiger partial charge in [0.15, 0.2) is 0 Å². The maximum absolute atomic E-state index is 2.61. The molecule has 2 heterocycles. The van der Waals surface area contributed by atoms with E-state index in [-0.39, 0.29) is 0 Å². The van der Waals surface area contributed by atoms with Crippen LogP contribution in [0, 0.1) is 0 Å². The summed E-state index contributed by atoms with van der Waals surface area (Å²) in [5.74, 6) is 0. The maximum atomic E-state index is 2.61. The van der Waals surface area contributed by atoms with Crippen molar-refractivity contribution in [1.82, 2.24) is 4.90 Å². The molecule has 0 aromatic carbocycles. The highest BCUT2D eigenvalue weighted by molar-refractivity contribution is 5.11. The highest BCUT2D eigenvalue weighted by atomic mass is 15.2. The smallest absolute Gasteiger partial charge is 0.0133 e. The van der Waals surface area contributed by atoms with Gasteiger partial charge in [-0.05, 0) is 39.2 Å². The summed E-state index contributed by atoms with van der Waals surface area (Å²) < 4.78 is 0. The first-order valence-electron chi connectivity index (χ1n) is 5.71. The molecule has 74 valence electrons. The van der Waals surface area contributed by atoms with Crippen LogP contribution in [0.5, 0.6) is 0 Å². The first kappa shape index (κ1) is 9.26. The van der Waals surface area contributed by atoms with Gasteiger partial charge in [0.1, 0.15) is 0 Å². The molecule has 0 N–H and O–H groups in total. The minimum atomic E-state index is 0.861. The number of hydrogen-bond acceptors (Lipinski definition) is 1. The van der Waals surface area contributed by atoms with Gasteiger partial charge in [-0.15, -0.1) is 0 Å². The molecule has 0 aromatic heterocycles. The summed E-state index contributed by atoms with van der Waals surface area (Å²) in [6, 6.07) is 1.73. The Hall–Kier alpha value is -0.300. The normalized spacial score (nSPS) is 34.5. The van der Waals surface area contributed by atoms with Crippen molar-refractivity contribution >= 4 is 0 Å². The van der Waals surface area contributed by atoms with Crippen LogP contribution >= 0.6 is 0 Å². The molecule has 1 nitrogen and oxygen atoms in total. The fourth-order valence-corrected chi connectivity index (χ4v) is 2.83. The summed E-state index contributed by atoms with van der Waals surface area (Å²) in [5.41, 5.74) is 1.72. The summed E-state index contributed by atoms with van der Waals surface area (Å²) in [5, 5.41) is 0. The fourth-order valence-electron chi connectivity index (χ4n) is 2.83. The first-order valence-corrected chi connectivity index (χ1v) is 5.71. The number of nitrogens with zero attached hydrogens (tertiary/aromatic N) is 1. The summed E-state index contributed by atoms with van der Waals surface area (Å²) in [6.45, 7) is 2.29. The third kappa shape index (κ3) is 1.80. The predicted octanol–water partition coefficient (Wildman–Crippen LogP) is 2.97. The zero-order valence-electron chi connectivity index (χ0n) is 8.92. The van der Waals surface area contributed by atoms with Gasteiger partial charge in [0, 0.05) is 12.1 Å². The third-order valence-corrected chi connectivity index (χ3v) is 3.73.